The number of fused-ring (bicyclic) bond motifs is 5. The zero-order valence-electron chi connectivity index (χ0n) is 19.9. The second-order valence-corrected chi connectivity index (χ2v) is 12.0. The summed E-state index contributed by atoms with van der Waals surface area (Å²) in [5, 5.41) is 21.4. The van der Waals surface area contributed by atoms with Crippen LogP contribution in [0.3, 0.4) is 0 Å². The molecule has 180 valence electrons. The normalized spacial score (nSPS) is 44.2. The molecule has 9 atom stereocenters. The van der Waals surface area contributed by atoms with E-state index in [2.05, 4.69) is 26.1 Å². The first-order chi connectivity index (χ1) is 15.1. The van der Waals surface area contributed by atoms with E-state index in [1.165, 1.54) is 0 Å². The van der Waals surface area contributed by atoms with Crippen molar-refractivity contribution in [2.45, 2.75) is 91.1 Å². The summed E-state index contributed by atoms with van der Waals surface area (Å²) >= 11 is 0. The van der Waals surface area contributed by atoms with Crippen LogP contribution in [0, 0.1) is 46.3 Å². The Kier molecular flexibility index (Phi) is 6.47. The number of Topliss-reactive ketones (excluding diaryl/α,β-unsaturated/α-hetero) is 1. The first kappa shape index (κ1) is 23.7. The Morgan fingerprint density at radius 3 is 2.50 bits per heavy atom. The molecule has 4 fully saturated rings. The molecule has 0 radical (unpaired) electrons. The monoisotopic (exact) mass is 447 g/mol. The van der Waals surface area contributed by atoms with E-state index in [9.17, 15) is 19.5 Å². The Balaban J connectivity index is 1.44. The van der Waals surface area contributed by atoms with Crippen LogP contribution in [-0.4, -0.2) is 40.5 Å². The van der Waals surface area contributed by atoms with Crippen molar-refractivity contribution in [2.75, 3.05) is 6.54 Å². The molecule has 6 heteroatoms. The van der Waals surface area contributed by atoms with E-state index < -0.39 is 5.97 Å². The molecule has 0 aromatic carbocycles. The van der Waals surface area contributed by atoms with Crippen molar-refractivity contribution < 1.29 is 24.6 Å². The molecule has 0 aromatic rings. The van der Waals surface area contributed by atoms with E-state index >= 15 is 0 Å². The third-order valence-corrected chi connectivity index (χ3v) is 10.5. The van der Waals surface area contributed by atoms with Crippen LogP contribution in [0.1, 0.15) is 85.0 Å². The standard InChI is InChI=1S/C26H41NO5/c1-15(4-7-22(30)27-14-23(31)32)18-5-6-19-24-20(9-11-26(18,19)3)25(2)10-8-17(28)12-16(25)13-21(24)29/h15-20,24,28H,4-14H2,1-3H3,(H,27,30)(H,31,32)/t15-,16+,17-,18-,19+,20+,24+,25+,26-/m1/s1. The van der Waals surface area contributed by atoms with Gasteiger partial charge in [-0.05, 0) is 91.8 Å². The summed E-state index contributed by atoms with van der Waals surface area (Å²) < 4.78 is 0. The smallest absolute Gasteiger partial charge is 0.322 e. The average Bonchev–Trinajstić information content (AvgIpc) is 3.09. The summed E-state index contributed by atoms with van der Waals surface area (Å²) in [6, 6.07) is 0. The van der Waals surface area contributed by atoms with Crippen LogP contribution in [0.4, 0.5) is 0 Å². The molecule has 0 spiro atoms. The molecule has 0 heterocycles. The molecule has 0 unspecified atom stereocenters. The fourth-order valence-corrected chi connectivity index (χ4v) is 8.71. The Labute approximate surface area is 191 Å². The highest BCUT2D eigenvalue weighted by molar-refractivity contribution is 5.83. The molecule has 0 saturated heterocycles. The van der Waals surface area contributed by atoms with Gasteiger partial charge in [0.05, 0.1) is 6.10 Å². The van der Waals surface area contributed by atoms with Gasteiger partial charge < -0.3 is 15.5 Å². The van der Waals surface area contributed by atoms with E-state index in [0.29, 0.717) is 48.2 Å². The first-order valence-corrected chi connectivity index (χ1v) is 12.8. The minimum absolute atomic E-state index is 0.144. The third-order valence-electron chi connectivity index (χ3n) is 10.5. The summed E-state index contributed by atoms with van der Waals surface area (Å²) in [5.74, 6) is 1.52. The Morgan fingerprint density at radius 2 is 1.78 bits per heavy atom. The molecule has 3 N–H and O–H groups in total. The number of carboxylic acids is 1. The minimum Gasteiger partial charge on any atom is -0.480 e. The van der Waals surface area contributed by atoms with Gasteiger partial charge in [-0.15, -0.1) is 0 Å². The number of aliphatic carboxylic acids is 1. The van der Waals surface area contributed by atoms with Crippen LogP contribution in [0.15, 0.2) is 0 Å². The topological polar surface area (TPSA) is 104 Å². The molecule has 0 aliphatic heterocycles. The van der Waals surface area contributed by atoms with Gasteiger partial charge in [0, 0.05) is 18.8 Å². The van der Waals surface area contributed by atoms with Gasteiger partial charge in [0.1, 0.15) is 12.3 Å². The zero-order valence-corrected chi connectivity index (χ0v) is 19.9. The van der Waals surface area contributed by atoms with Gasteiger partial charge >= 0.3 is 5.97 Å². The number of carbonyl (C=O) groups excluding carboxylic acids is 2. The lowest BCUT2D eigenvalue weighted by atomic mass is 9.44. The third kappa shape index (κ3) is 4.01. The molecule has 4 rings (SSSR count). The lowest BCUT2D eigenvalue weighted by molar-refractivity contribution is -0.160. The van der Waals surface area contributed by atoms with E-state index in [-0.39, 0.29) is 35.3 Å². The van der Waals surface area contributed by atoms with Crippen molar-refractivity contribution >= 4 is 17.7 Å². The number of rotatable bonds is 6. The van der Waals surface area contributed by atoms with E-state index in [1.807, 2.05) is 0 Å². The Hall–Kier alpha value is -1.43. The van der Waals surface area contributed by atoms with E-state index in [4.69, 9.17) is 5.11 Å². The highest BCUT2D eigenvalue weighted by Crippen LogP contribution is 2.67. The number of hydrogen-bond acceptors (Lipinski definition) is 4. The number of amides is 1. The second-order valence-electron chi connectivity index (χ2n) is 12.0. The van der Waals surface area contributed by atoms with Crippen molar-refractivity contribution in [1.29, 1.82) is 0 Å². The maximum absolute atomic E-state index is 13.5. The molecule has 4 saturated carbocycles. The SMILES string of the molecule is C[C@H](CCC(=O)NCC(=O)O)[C@H]1CC[C@H]2[C@@H]3C(=O)C[C@@H]4C[C@H](O)CC[C@]4(C)[C@H]3CC[C@]12C. The van der Waals surface area contributed by atoms with Crippen LogP contribution in [-0.2, 0) is 14.4 Å². The fraction of sp³-hybridized carbons (Fsp3) is 0.885. The molecular weight excluding hydrogens is 406 g/mol. The van der Waals surface area contributed by atoms with Crippen molar-refractivity contribution in [3.05, 3.63) is 0 Å². The van der Waals surface area contributed by atoms with Gasteiger partial charge in [-0.2, -0.15) is 0 Å². The first-order valence-electron chi connectivity index (χ1n) is 12.8. The van der Waals surface area contributed by atoms with Crippen LogP contribution in [0.2, 0.25) is 0 Å². The highest BCUT2D eigenvalue weighted by Gasteiger charge is 2.62. The fourth-order valence-electron chi connectivity index (χ4n) is 8.71. The molecular formula is C26H41NO5. The average molecular weight is 448 g/mol. The minimum atomic E-state index is -1.02. The number of aliphatic hydroxyl groups excluding tert-OH is 1. The zero-order chi connectivity index (χ0) is 23.3. The van der Waals surface area contributed by atoms with Crippen molar-refractivity contribution in [1.82, 2.24) is 5.32 Å². The maximum atomic E-state index is 13.5. The molecule has 0 bridgehead atoms. The molecule has 1 amide bonds. The predicted molar refractivity (Wildman–Crippen MR) is 121 cm³/mol. The van der Waals surface area contributed by atoms with Crippen molar-refractivity contribution in [3.8, 4) is 0 Å². The number of aliphatic hydroxyl groups is 1. The van der Waals surface area contributed by atoms with E-state index in [1.54, 1.807) is 0 Å². The number of ketones is 1. The van der Waals surface area contributed by atoms with Crippen LogP contribution < -0.4 is 5.32 Å². The quantitative estimate of drug-likeness (QED) is 0.575. The van der Waals surface area contributed by atoms with Crippen molar-refractivity contribution in [3.63, 3.8) is 0 Å². The predicted octanol–water partition coefficient (Wildman–Crippen LogP) is 3.80. The van der Waals surface area contributed by atoms with Crippen LogP contribution >= 0.6 is 0 Å². The maximum Gasteiger partial charge on any atom is 0.322 e. The van der Waals surface area contributed by atoms with Gasteiger partial charge in [-0.1, -0.05) is 20.8 Å². The largest absolute Gasteiger partial charge is 0.480 e. The molecule has 0 aromatic heterocycles. The second kappa shape index (κ2) is 8.73. The Bertz CT molecular complexity index is 767. The van der Waals surface area contributed by atoms with Crippen molar-refractivity contribution in [2.24, 2.45) is 46.3 Å². The molecule has 6 nitrogen and oxygen atoms in total. The number of carbonyl (C=O) groups is 3. The lowest BCUT2D eigenvalue weighted by Crippen LogP contribution is -2.57. The van der Waals surface area contributed by atoms with Gasteiger partial charge in [-0.25, -0.2) is 0 Å². The number of nitrogens with one attached hydrogen (secondary N) is 1. The summed E-state index contributed by atoms with van der Waals surface area (Å²) in [5.41, 5.74) is 0.330. The molecule has 4 aliphatic rings. The number of carboxylic acid groups (broad SMARTS) is 1. The van der Waals surface area contributed by atoms with Gasteiger partial charge in [0.25, 0.3) is 0 Å². The van der Waals surface area contributed by atoms with Gasteiger partial charge in [-0.3, -0.25) is 14.4 Å². The van der Waals surface area contributed by atoms with Crippen LogP contribution in [0.25, 0.3) is 0 Å². The summed E-state index contributed by atoms with van der Waals surface area (Å²) in [6.45, 7) is 6.72. The summed E-state index contributed by atoms with van der Waals surface area (Å²) in [6.07, 6.45) is 8.71. The van der Waals surface area contributed by atoms with Crippen LogP contribution in [0.5, 0.6) is 0 Å². The summed E-state index contributed by atoms with van der Waals surface area (Å²) in [7, 11) is 0. The summed E-state index contributed by atoms with van der Waals surface area (Å²) in [4.78, 5) is 36.1. The molecule has 32 heavy (non-hydrogen) atoms. The Morgan fingerprint density at radius 1 is 1.09 bits per heavy atom. The van der Waals surface area contributed by atoms with Gasteiger partial charge in [0.2, 0.25) is 5.91 Å². The van der Waals surface area contributed by atoms with E-state index in [0.717, 1.165) is 51.4 Å². The lowest BCUT2D eigenvalue weighted by Gasteiger charge is -2.60. The highest BCUT2D eigenvalue weighted by atomic mass is 16.4. The molecule has 4 aliphatic carbocycles. The number of hydrogen-bond donors (Lipinski definition) is 3. The van der Waals surface area contributed by atoms with Gasteiger partial charge in [0.15, 0.2) is 0 Å².